The summed E-state index contributed by atoms with van der Waals surface area (Å²) in [7, 11) is 0. The molecule has 1 saturated heterocycles. The number of amides is 4. The minimum Gasteiger partial charge on any atom is -0.335 e. The fourth-order valence-electron chi connectivity index (χ4n) is 3.53. The van der Waals surface area contributed by atoms with Crippen molar-refractivity contribution in [3.8, 4) is 0 Å². The Bertz CT molecular complexity index is 950. The van der Waals surface area contributed by atoms with Crippen molar-refractivity contribution in [1.29, 1.82) is 0 Å². The standard InChI is InChI=1S/C21H23F2N3O3/c1-3-10-25(12-17(22)23)18(27)13-26-19(28)21(2,24-20(26)29)16-9-8-14-6-4-5-7-15(14)11-16/h4-9,11,17H,3,10,12-13H2,1-2H3,(H,24,29). The first kappa shape index (κ1) is 20.7. The Labute approximate surface area is 167 Å². The molecule has 1 aliphatic rings. The summed E-state index contributed by atoms with van der Waals surface area (Å²) in [5.41, 5.74) is -0.748. The molecule has 0 aromatic heterocycles. The minimum absolute atomic E-state index is 0.134. The topological polar surface area (TPSA) is 69.7 Å². The third-order valence-electron chi connectivity index (χ3n) is 5.10. The van der Waals surface area contributed by atoms with Crippen molar-refractivity contribution < 1.29 is 23.2 Å². The van der Waals surface area contributed by atoms with Gasteiger partial charge < -0.3 is 10.2 Å². The first-order valence-electron chi connectivity index (χ1n) is 9.45. The van der Waals surface area contributed by atoms with Crippen LogP contribution in [0.4, 0.5) is 13.6 Å². The molecule has 1 atom stereocenters. The maximum Gasteiger partial charge on any atom is 0.325 e. The van der Waals surface area contributed by atoms with E-state index in [0.717, 1.165) is 20.6 Å². The predicted molar refractivity (Wildman–Crippen MR) is 104 cm³/mol. The summed E-state index contributed by atoms with van der Waals surface area (Å²) in [5, 5.41) is 4.55. The highest BCUT2D eigenvalue weighted by molar-refractivity contribution is 6.09. The molecule has 0 aliphatic carbocycles. The molecule has 154 valence electrons. The average molecular weight is 403 g/mol. The molecule has 0 saturated carbocycles. The Hall–Kier alpha value is -3.03. The molecule has 2 aromatic rings. The van der Waals surface area contributed by atoms with Crippen LogP contribution in [0.5, 0.6) is 0 Å². The predicted octanol–water partition coefficient (Wildman–Crippen LogP) is 3.11. The van der Waals surface area contributed by atoms with E-state index in [2.05, 4.69) is 5.32 Å². The number of hydrogen-bond donors (Lipinski definition) is 1. The highest BCUT2D eigenvalue weighted by Crippen LogP contribution is 2.31. The van der Waals surface area contributed by atoms with Crippen LogP contribution < -0.4 is 5.32 Å². The van der Waals surface area contributed by atoms with Crippen LogP contribution in [0.2, 0.25) is 0 Å². The molecule has 29 heavy (non-hydrogen) atoms. The maximum atomic E-state index is 13.0. The Kier molecular flexibility index (Phi) is 5.81. The molecule has 0 bridgehead atoms. The Morgan fingerprint density at radius 1 is 1.17 bits per heavy atom. The third kappa shape index (κ3) is 4.06. The fraction of sp³-hybridized carbons (Fsp3) is 0.381. The maximum absolute atomic E-state index is 13.0. The lowest BCUT2D eigenvalue weighted by Crippen LogP contribution is -2.46. The van der Waals surface area contributed by atoms with Gasteiger partial charge in [0, 0.05) is 6.54 Å². The van der Waals surface area contributed by atoms with Gasteiger partial charge in [0.05, 0.1) is 6.54 Å². The molecule has 1 aliphatic heterocycles. The van der Waals surface area contributed by atoms with Crippen molar-refractivity contribution in [2.75, 3.05) is 19.6 Å². The van der Waals surface area contributed by atoms with E-state index in [9.17, 15) is 23.2 Å². The quantitative estimate of drug-likeness (QED) is 0.723. The molecule has 8 heteroatoms. The van der Waals surface area contributed by atoms with Crippen LogP contribution in [-0.4, -0.2) is 53.7 Å². The number of carbonyl (C=O) groups excluding carboxylic acids is 3. The molecular weight excluding hydrogens is 380 g/mol. The van der Waals surface area contributed by atoms with E-state index in [0.29, 0.717) is 12.0 Å². The third-order valence-corrected chi connectivity index (χ3v) is 5.10. The zero-order chi connectivity index (χ0) is 21.2. The summed E-state index contributed by atoms with van der Waals surface area (Å²) < 4.78 is 25.5. The first-order chi connectivity index (χ1) is 13.8. The zero-order valence-electron chi connectivity index (χ0n) is 16.3. The van der Waals surface area contributed by atoms with E-state index in [1.807, 2.05) is 36.4 Å². The number of imide groups is 1. The second-order valence-electron chi connectivity index (χ2n) is 7.24. The zero-order valence-corrected chi connectivity index (χ0v) is 16.3. The molecule has 3 rings (SSSR count). The van der Waals surface area contributed by atoms with Crippen molar-refractivity contribution in [2.24, 2.45) is 0 Å². The monoisotopic (exact) mass is 403 g/mol. The molecule has 6 nitrogen and oxygen atoms in total. The van der Waals surface area contributed by atoms with E-state index < -0.39 is 42.9 Å². The second-order valence-corrected chi connectivity index (χ2v) is 7.24. The van der Waals surface area contributed by atoms with Crippen LogP contribution in [0.3, 0.4) is 0 Å². The van der Waals surface area contributed by atoms with Crippen LogP contribution in [0.15, 0.2) is 42.5 Å². The fourth-order valence-corrected chi connectivity index (χ4v) is 3.53. The van der Waals surface area contributed by atoms with Crippen LogP contribution >= 0.6 is 0 Å². The van der Waals surface area contributed by atoms with E-state index in [-0.39, 0.29) is 6.54 Å². The molecule has 0 radical (unpaired) electrons. The van der Waals surface area contributed by atoms with Gasteiger partial charge in [0.1, 0.15) is 12.1 Å². The number of hydrogen-bond acceptors (Lipinski definition) is 3. The smallest absolute Gasteiger partial charge is 0.325 e. The minimum atomic E-state index is -2.68. The first-order valence-corrected chi connectivity index (χ1v) is 9.45. The lowest BCUT2D eigenvalue weighted by atomic mass is 9.90. The van der Waals surface area contributed by atoms with E-state index >= 15 is 0 Å². The summed E-state index contributed by atoms with van der Waals surface area (Å²) in [5.74, 6) is -1.27. The van der Waals surface area contributed by atoms with Gasteiger partial charge in [0.15, 0.2) is 0 Å². The van der Waals surface area contributed by atoms with Crippen molar-refractivity contribution >= 4 is 28.6 Å². The number of urea groups is 1. The number of alkyl halides is 2. The summed E-state index contributed by atoms with van der Waals surface area (Å²) in [6, 6.07) is 12.3. The van der Waals surface area contributed by atoms with Gasteiger partial charge in [-0.1, -0.05) is 43.3 Å². The normalized spacial score (nSPS) is 19.1. The lowest BCUT2D eigenvalue weighted by molar-refractivity contribution is -0.140. The van der Waals surface area contributed by atoms with Gasteiger partial charge in [-0.2, -0.15) is 0 Å². The Balaban J connectivity index is 1.83. The molecule has 1 heterocycles. The number of nitrogens with one attached hydrogen (secondary N) is 1. The highest BCUT2D eigenvalue weighted by atomic mass is 19.3. The van der Waals surface area contributed by atoms with Gasteiger partial charge in [-0.15, -0.1) is 0 Å². The van der Waals surface area contributed by atoms with Crippen LogP contribution in [-0.2, 0) is 15.1 Å². The summed E-state index contributed by atoms with van der Waals surface area (Å²) in [4.78, 5) is 39.7. The molecule has 1 unspecified atom stereocenters. The van der Waals surface area contributed by atoms with Gasteiger partial charge in [-0.05, 0) is 35.7 Å². The van der Waals surface area contributed by atoms with Crippen LogP contribution in [0, 0.1) is 0 Å². The second kappa shape index (κ2) is 8.14. The van der Waals surface area contributed by atoms with Gasteiger partial charge >= 0.3 is 6.03 Å². The Morgan fingerprint density at radius 2 is 1.86 bits per heavy atom. The number of nitrogens with zero attached hydrogens (tertiary/aromatic N) is 2. The van der Waals surface area contributed by atoms with E-state index in [1.54, 1.807) is 19.9 Å². The van der Waals surface area contributed by atoms with Crippen LogP contribution in [0.1, 0.15) is 25.8 Å². The summed E-state index contributed by atoms with van der Waals surface area (Å²) in [6.45, 7) is 2.18. The number of halogens is 2. The van der Waals surface area contributed by atoms with Gasteiger partial charge in [0.2, 0.25) is 5.91 Å². The molecule has 1 N–H and O–H groups in total. The summed E-state index contributed by atoms with van der Waals surface area (Å²) in [6.07, 6.45) is -2.19. The number of rotatable bonds is 7. The SMILES string of the molecule is CCCN(CC(F)F)C(=O)CN1C(=O)NC(C)(c2ccc3ccccc3c2)C1=O. The number of fused-ring (bicyclic) bond motifs is 1. The van der Waals surface area contributed by atoms with E-state index in [4.69, 9.17) is 0 Å². The molecule has 4 amide bonds. The lowest BCUT2D eigenvalue weighted by Gasteiger charge is -2.25. The number of benzene rings is 2. The van der Waals surface area contributed by atoms with Gasteiger partial charge in [-0.25, -0.2) is 13.6 Å². The van der Waals surface area contributed by atoms with Crippen LogP contribution in [0.25, 0.3) is 10.8 Å². The van der Waals surface area contributed by atoms with Crippen molar-refractivity contribution in [1.82, 2.24) is 15.1 Å². The molecule has 2 aromatic carbocycles. The van der Waals surface area contributed by atoms with Crippen molar-refractivity contribution in [3.63, 3.8) is 0 Å². The average Bonchev–Trinajstić information content (AvgIpc) is 2.91. The van der Waals surface area contributed by atoms with Gasteiger partial charge in [-0.3, -0.25) is 14.5 Å². The Morgan fingerprint density at radius 3 is 2.52 bits per heavy atom. The largest absolute Gasteiger partial charge is 0.335 e. The van der Waals surface area contributed by atoms with Crippen molar-refractivity contribution in [3.05, 3.63) is 48.0 Å². The summed E-state index contributed by atoms with van der Waals surface area (Å²) >= 11 is 0. The highest BCUT2D eigenvalue weighted by Gasteiger charge is 2.49. The molecular formula is C21H23F2N3O3. The molecule has 1 fully saturated rings. The van der Waals surface area contributed by atoms with E-state index in [1.165, 1.54) is 0 Å². The number of carbonyl (C=O) groups is 3. The van der Waals surface area contributed by atoms with Gasteiger partial charge in [0.25, 0.3) is 12.3 Å². The molecule has 0 spiro atoms. The van der Waals surface area contributed by atoms with Crippen molar-refractivity contribution in [2.45, 2.75) is 32.2 Å².